The summed E-state index contributed by atoms with van der Waals surface area (Å²) in [4.78, 5) is 12.0. The molecule has 1 aliphatic heterocycles. The number of rotatable bonds is 3. The first-order valence-corrected chi connectivity index (χ1v) is 6.35. The SMILES string of the molecule is COCC1(C)NC(=O)C(c2ccc(Cl)cc2Cl)=C1O. The van der Waals surface area contributed by atoms with Crippen molar-refractivity contribution in [3.8, 4) is 0 Å². The van der Waals surface area contributed by atoms with Gasteiger partial charge in [-0.1, -0.05) is 29.3 Å². The first-order chi connectivity index (χ1) is 8.89. The van der Waals surface area contributed by atoms with Crippen LogP contribution in [0.1, 0.15) is 12.5 Å². The highest BCUT2D eigenvalue weighted by molar-refractivity contribution is 6.37. The van der Waals surface area contributed by atoms with Gasteiger partial charge in [0.05, 0.1) is 17.2 Å². The van der Waals surface area contributed by atoms with Crippen molar-refractivity contribution in [2.24, 2.45) is 0 Å². The number of carbonyl (C=O) groups excluding carboxylic acids is 1. The van der Waals surface area contributed by atoms with E-state index >= 15 is 0 Å². The first kappa shape index (κ1) is 14.2. The summed E-state index contributed by atoms with van der Waals surface area (Å²) in [5.74, 6) is -0.468. The second-order valence-electron chi connectivity index (χ2n) is 4.57. The van der Waals surface area contributed by atoms with Crippen LogP contribution in [0.25, 0.3) is 5.57 Å². The molecular formula is C13H13Cl2NO3. The Morgan fingerprint density at radius 2 is 2.11 bits per heavy atom. The molecule has 19 heavy (non-hydrogen) atoms. The molecule has 102 valence electrons. The number of benzene rings is 1. The van der Waals surface area contributed by atoms with Gasteiger partial charge in [0.2, 0.25) is 0 Å². The molecule has 1 atom stereocenters. The third-order valence-corrected chi connectivity index (χ3v) is 3.56. The first-order valence-electron chi connectivity index (χ1n) is 5.59. The van der Waals surface area contributed by atoms with Crippen molar-refractivity contribution >= 4 is 34.7 Å². The molecule has 2 rings (SSSR count). The van der Waals surface area contributed by atoms with Crippen molar-refractivity contribution in [3.05, 3.63) is 39.6 Å². The molecule has 0 radical (unpaired) electrons. The van der Waals surface area contributed by atoms with Crippen molar-refractivity contribution in [2.45, 2.75) is 12.5 Å². The van der Waals surface area contributed by atoms with Crippen molar-refractivity contribution < 1.29 is 14.6 Å². The van der Waals surface area contributed by atoms with Crippen LogP contribution in [0.4, 0.5) is 0 Å². The lowest BCUT2D eigenvalue weighted by atomic mass is 9.98. The molecule has 0 saturated carbocycles. The molecule has 6 heteroatoms. The van der Waals surface area contributed by atoms with E-state index in [2.05, 4.69) is 5.32 Å². The lowest BCUT2D eigenvalue weighted by molar-refractivity contribution is -0.116. The Morgan fingerprint density at radius 1 is 1.42 bits per heavy atom. The molecule has 2 N–H and O–H groups in total. The minimum Gasteiger partial charge on any atom is -0.509 e. The molecule has 0 spiro atoms. The predicted octanol–water partition coefficient (Wildman–Crippen LogP) is 2.80. The molecule has 1 aromatic rings. The van der Waals surface area contributed by atoms with Gasteiger partial charge in [-0.3, -0.25) is 4.79 Å². The number of halogens is 2. The minimum atomic E-state index is -0.940. The Labute approximate surface area is 121 Å². The van der Waals surface area contributed by atoms with Crippen LogP contribution in [0.15, 0.2) is 24.0 Å². The number of hydrogen-bond acceptors (Lipinski definition) is 3. The van der Waals surface area contributed by atoms with Crippen LogP contribution in [0, 0.1) is 0 Å². The Bertz CT molecular complexity index is 571. The van der Waals surface area contributed by atoms with Gasteiger partial charge in [0.1, 0.15) is 11.3 Å². The van der Waals surface area contributed by atoms with E-state index in [1.165, 1.54) is 13.2 Å². The lowest BCUT2D eigenvalue weighted by Gasteiger charge is -2.23. The normalized spacial score (nSPS) is 22.8. The van der Waals surface area contributed by atoms with Gasteiger partial charge in [0.25, 0.3) is 5.91 Å². The topological polar surface area (TPSA) is 58.6 Å². The quantitative estimate of drug-likeness (QED) is 0.902. The molecule has 0 fully saturated rings. The van der Waals surface area contributed by atoms with E-state index in [9.17, 15) is 9.90 Å². The number of aliphatic hydroxyl groups is 1. The molecule has 0 aliphatic carbocycles. The number of carbonyl (C=O) groups is 1. The van der Waals surface area contributed by atoms with Crippen LogP contribution in [0.3, 0.4) is 0 Å². The van der Waals surface area contributed by atoms with Crippen molar-refractivity contribution in [3.63, 3.8) is 0 Å². The zero-order valence-electron chi connectivity index (χ0n) is 10.5. The van der Waals surface area contributed by atoms with Crippen molar-refractivity contribution in [1.82, 2.24) is 5.32 Å². The Kier molecular flexibility index (Phi) is 3.76. The lowest BCUT2D eigenvalue weighted by Crippen LogP contribution is -2.45. The van der Waals surface area contributed by atoms with Crippen LogP contribution >= 0.6 is 23.2 Å². The molecule has 1 aromatic carbocycles. The average molecular weight is 302 g/mol. The maximum absolute atomic E-state index is 12.0. The van der Waals surface area contributed by atoms with Gasteiger partial charge in [-0.2, -0.15) is 0 Å². The monoisotopic (exact) mass is 301 g/mol. The van der Waals surface area contributed by atoms with Crippen LogP contribution in [-0.2, 0) is 9.53 Å². The Hall–Kier alpha value is -1.23. The number of aliphatic hydroxyl groups excluding tert-OH is 1. The van der Waals surface area contributed by atoms with Crippen molar-refractivity contribution in [1.29, 1.82) is 0 Å². The molecule has 4 nitrogen and oxygen atoms in total. The van der Waals surface area contributed by atoms with Crippen LogP contribution in [-0.4, -0.2) is 30.3 Å². The number of hydrogen-bond donors (Lipinski definition) is 2. The van der Waals surface area contributed by atoms with E-state index in [1.54, 1.807) is 19.1 Å². The molecule has 0 saturated heterocycles. The van der Waals surface area contributed by atoms with Gasteiger partial charge in [0.15, 0.2) is 0 Å². The molecule has 1 aliphatic rings. The van der Waals surface area contributed by atoms with Gasteiger partial charge in [-0.25, -0.2) is 0 Å². The number of methoxy groups -OCH3 is 1. The van der Waals surface area contributed by atoms with E-state index in [0.29, 0.717) is 15.6 Å². The highest BCUT2D eigenvalue weighted by Crippen LogP contribution is 2.35. The summed E-state index contributed by atoms with van der Waals surface area (Å²) < 4.78 is 5.02. The maximum Gasteiger partial charge on any atom is 0.256 e. The average Bonchev–Trinajstić information content (AvgIpc) is 2.52. The molecule has 1 heterocycles. The Balaban J connectivity index is 2.54. The van der Waals surface area contributed by atoms with E-state index in [0.717, 1.165) is 0 Å². The van der Waals surface area contributed by atoms with E-state index < -0.39 is 5.54 Å². The summed E-state index contributed by atoms with van der Waals surface area (Å²) in [7, 11) is 1.50. The van der Waals surface area contributed by atoms with Gasteiger partial charge < -0.3 is 15.2 Å². The van der Waals surface area contributed by atoms with Gasteiger partial charge >= 0.3 is 0 Å². The zero-order valence-corrected chi connectivity index (χ0v) is 12.0. The summed E-state index contributed by atoms with van der Waals surface area (Å²) in [5, 5.41) is 13.7. The molecule has 1 amide bonds. The smallest absolute Gasteiger partial charge is 0.256 e. The summed E-state index contributed by atoms with van der Waals surface area (Å²) in [6.07, 6.45) is 0. The second-order valence-corrected chi connectivity index (χ2v) is 5.41. The predicted molar refractivity (Wildman–Crippen MR) is 74.4 cm³/mol. The zero-order chi connectivity index (χ0) is 14.2. The fraction of sp³-hybridized carbons (Fsp3) is 0.308. The fourth-order valence-electron chi connectivity index (χ4n) is 2.09. The number of amides is 1. The third kappa shape index (κ3) is 2.43. The highest BCUT2D eigenvalue weighted by atomic mass is 35.5. The summed E-state index contributed by atoms with van der Waals surface area (Å²) in [6.45, 7) is 1.85. The van der Waals surface area contributed by atoms with E-state index in [-0.39, 0.29) is 23.8 Å². The van der Waals surface area contributed by atoms with Crippen molar-refractivity contribution in [2.75, 3.05) is 13.7 Å². The van der Waals surface area contributed by atoms with Gasteiger partial charge in [0, 0.05) is 17.7 Å². The molecular weight excluding hydrogens is 289 g/mol. The summed E-state index contributed by atoms with van der Waals surface area (Å²) in [6, 6.07) is 4.74. The largest absolute Gasteiger partial charge is 0.509 e. The highest BCUT2D eigenvalue weighted by Gasteiger charge is 2.42. The van der Waals surface area contributed by atoms with Gasteiger partial charge in [-0.15, -0.1) is 0 Å². The summed E-state index contributed by atoms with van der Waals surface area (Å²) >= 11 is 11.9. The third-order valence-electron chi connectivity index (χ3n) is 3.01. The van der Waals surface area contributed by atoms with Crippen LogP contribution < -0.4 is 5.32 Å². The van der Waals surface area contributed by atoms with E-state index in [1.807, 2.05) is 0 Å². The summed E-state index contributed by atoms with van der Waals surface area (Å²) in [5.41, 5.74) is -0.341. The molecule has 1 unspecified atom stereocenters. The standard InChI is InChI=1S/C13H13Cl2NO3/c1-13(6-19-2)11(17)10(12(18)16-13)8-4-3-7(14)5-9(8)15/h3-5,17H,6H2,1-2H3,(H,16,18). The molecule has 0 aromatic heterocycles. The minimum absolute atomic E-state index is 0.0800. The maximum atomic E-state index is 12.0. The van der Waals surface area contributed by atoms with Crippen LogP contribution in [0.2, 0.25) is 10.0 Å². The van der Waals surface area contributed by atoms with Crippen LogP contribution in [0.5, 0.6) is 0 Å². The fourth-order valence-corrected chi connectivity index (χ4v) is 2.59. The van der Waals surface area contributed by atoms with Gasteiger partial charge in [-0.05, 0) is 19.1 Å². The number of nitrogens with one attached hydrogen (secondary N) is 1. The second kappa shape index (κ2) is 5.04. The Morgan fingerprint density at radius 3 is 2.68 bits per heavy atom. The van der Waals surface area contributed by atoms with E-state index in [4.69, 9.17) is 27.9 Å². The number of ether oxygens (including phenoxy) is 1. The molecule has 0 bridgehead atoms.